The number of nitrogens with one attached hydrogen (secondary N) is 3. The van der Waals surface area contributed by atoms with Gasteiger partial charge in [-0.15, -0.1) is 0 Å². The number of ether oxygens (including phenoxy) is 6. The Morgan fingerprint density at radius 3 is 2.40 bits per heavy atom. The Hall–Kier alpha value is -4.53. The number of benzene rings is 2. The number of urea groups is 1. The van der Waals surface area contributed by atoms with Gasteiger partial charge in [-0.05, 0) is 61.1 Å². The van der Waals surface area contributed by atoms with E-state index in [1.807, 2.05) is 23.9 Å². The molecule has 4 N–H and O–H groups in total. The van der Waals surface area contributed by atoms with Crippen LogP contribution in [-0.4, -0.2) is 86.2 Å². The Kier molecular flexibility index (Phi) is 10.8. The second-order valence-electron chi connectivity index (χ2n) is 13.8. The van der Waals surface area contributed by atoms with Crippen LogP contribution in [0.1, 0.15) is 80.1 Å². The van der Waals surface area contributed by atoms with Crippen molar-refractivity contribution < 1.29 is 52.7 Å². The van der Waals surface area contributed by atoms with Crippen LogP contribution in [0.3, 0.4) is 0 Å². The minimum atomic E-state index is -0.757. The first-order valence-corrected chi connectivity index (χ1v) is 19.0. The molecule has 0 aromatic heterocycles. The SMILES string of the molecule is COc1cc([C@@H]2c3cc4c(cc3[C@@H](OC(=O)CCCCCNC(=O)CCCC[C@@H]3SC[C@@H]5NC(=O)N[C@@H]53)[C@H]3COC(=O)[C@H]23)OCO4)cc(OC)c1O. The van der Waals surface area contributed by atoms with Gasteiger partial charge in [-0.2, -0.15) is 11.8 Å². The van der Waals surface area contributed by atoms with Crippen LogP contribution >= 0.6 is 11.8 Å². The van der Waals surface area contributed by atoms with E-state index in [0.717, 1.165) is 43.4 Å². The Bertz CT molecular complexity index is 1680. The number of phenols is 1. The highest BCUT2D eigenvalue weighted by atomic mass is 32.2. The number of amides is 3. The van der Waals surface area contributed by atoms with Gasteiger partial charge in [0.25, 0.3) is 0 Å². The fraction of sp³-hybridized carbons (Fsp3) is 0.568. The average molecular weight is 740 g/mol. The van der Waals surface area contributed by atoms with E-state index in [1.165, 1.54) is 14.2 Å². The second kappa shape index (κ2) is 15.6. The van der Waals surface area contributed by atoms with E-state index in [1.54, 1.807) is 12.1 Å². The van der Waals surface area contributed by atoms with E-state index in [4.69, 9.17) is 28.4 Å². The molecule has 0 bridgehead atoms. The van der Waals surface area contributed by atoms with Gasteiger partial charge in [0.15, 0.2) is 23.0 Å². The molecule has 14 nitrogen and oxygen atoms in total. The molecule has 0 saturated carbocycles. The third kappa shape index (κ3) is 7.24. The Labute approximate surface area is 305 Å². The maximum absolute atomic E-state index is 13.4. The highest BCUT2D eigenvalue weighted by molar-refractivity contribution is 8.00. The number of fused-ring (bicyclic) bond motifs is 4. The van der Waals surface area contributed by atoms with Crippen molar-refractivity contribution in [3.63, 3.8) is 0 Å². The fourth-order valence-electron chi connectivity index (χ4n) is 8.12. The molecule has 7 rings (SSSR count). The predicted octanol–water partition coefficient (Wildman–Crippen LogP) is 4.06. The lowest BCUT2D eigenvalue weighted by Crippen LogP contribution is -2.36. The van der Waals surface area contributed by atoms with Gasteiger partial charge >= 0.3 is 18.0 Å². The maximum atomic E-state index is 13.4. The summed E-state index contributed by atoms with van der Waals surface area (Å²) in [6, 6.07) is 7.30. The highest BCUT2D eigenvalue weighted by Gasteiger charge is 2.54. The molecule has 5 aliphatic rings. The summed E-state index contributed by atoms with van der Waals surface area (Å²) in [6.07, 6.45) is 4.66. The summed E-state index contributed by atoms with van der Waals surface area (Å²) < 4.78 is 34.0. The fourth-order valence-corrected chi connectivity index (χ4v) is 9.66. The number of phenolic OH excluding ortho intramolecular Hbond substituents is 1. The highest BCUT2D eigenvalue weighted by Crippen LogP contribution is 2.56. The van der Waals surface area contributed by atoms with E-state index in [-0.39, 0.29) is 67.1 Å². The lowest BCUT2D eigenvalue weighted by molar-refractivity contribution is -0.154. The van der Waals surface area contributed by atoms with Crippen molar-refractivity contribution in [2.45, 2.75) is 80.7 Å². The number of hydrogen-bond donors (Lipinski definition) is 4. The molecule has 15 heteroatoms. The van der Waals surface area contributed by atoms with Crippen molar-refractivity contribution in [1.29, 1.82) is 0 Å². The molecule has 0 spiro atoms. The molecule has 0 unspecified atom stereocenters. The van der Waals surface area contributed by atoms with Gasteiger partial charge < -0.3 is 49.5 Å². The number of rotatable bonds is 15. The van der Waals surface area contributed by atoms with Crippen molar-refractivity contribution in [2.75, 3.05) is 39.9 Å². The van der Waals surface area contributed by atoms with Crippen LogP contribution in [0.5, 0.6) is 28.7 Å². The summed E-state index contributed by atoms with van der Waals surface area (Å²) in [5.41, 5.74) is 2.08. The molecule has 2 aromatic carbocycles. The predicted molar refractivity (Wildman–Crippen MR) is 188 cm³/mol. The monoisotopic (exact) mass is 739 g/mol. The topological polar surface area (TPSA) is 180 Å². The molecule has 52 heavy (non-hydrogen) atoms. The Morgan fingerprint density at radius 1 is 0.923 bits per heavy atom. The molecular weight excluding hydrogens is 694 g/mol. The van der Waals surface area contributed by atoms with Gasteiger partial charge in [-0.3, -0.25) is 14.4 Å². The van der Waals surface area contributed by atoms with Crippen molar-refractivity contribution in [3.05, 3.63) is 41.0 Å². The average Bonchev–Trinajstić information content (AvgIpc) is 3.93. The quantitative estimate of drug-likeness (QED) is 0.117. The largest absolute Gasteiger partial charge is 0.502 e. The first-order chi connectivity index (χ1) is 25.2. The number of methoxy groups -OCH3 is 2. The van der Waals surface area contributed by atoms with Gasteiger partial charge in [-0.25, -0.2) is 4.79 Å². The number of carbonyl (C=O) groups is 4. The van der Waals surface area contributed by atoms with Crippen LogP contribution in [0.2, 0.25) is 0 Å². The molecule has 3 saturated heterocycles. The maximum Gasteiger partial charge on any atom is 0.315 e. The molecule has 3 fully saturated rings. The molecular formula is C37H45N3O11S. The number of unbranched alkanes of at least 4 members (excludes halogenated alkanes) is 3. The van der Waals surface area contributed by atoms with Crippen LogP contribution < -0.4 is 34.9 Å². The number of aromatic hydroxyl groups is 1. The van der Waals surface area contributed by atoms with Gasteiger partial charge in [0.1, 0.15) is 6.10 Å². The van der Waals surface area contributed by atoms with Crippen LogP contribution in [0.25, 0.3) is 0 Å². The van der Waals surface area contributed by atoms with Crippen LogP contribution in [0, 0.1) is 11.8 Å². The lowest BCUT2D eigenvalue weighted by atomic mass is 9.66. The summed E-state index contributed by atoms with van der Waals surface area (Å²) in [4.78, 5) is 50.6. The van der Waals surface area contributed by atoms with E-state index in [0.29, 0.717) is 47.3 Å². The second-order valence-corrected chi connectivity index (χ2v) is 15.1. The molecule has 0 radical (unpaired) electrons. The molecule has 3 amide bonds. The van der Waals surface area contributed by atoms with Gasteiger partial charge in [0.2, 0.25) is 18.4 Å². The van der Waals surface area contributed by atoms with E-state index in [9.17, 15) is 24.3 Å². The summed E-state index contributed by atoms with van der Waals surface area (Å²) >= 11 is 1.88. The molecule has 280 valence electrons. The van der Waals surface area contributed by atoms with Gasteiger partial charge in [0, 0.05) is 47.8 Å². The zero-order valence-electron chi connectivity index (χ0n) is 29.3. The van der Waals surface area contributed by atoms with Gasteiger partial charge in [-0.1, -0.05) is 12.8 Å². The molecule has 2 aromatic rings. The van der Waals surface area contributed by atoms with E-state index in [2.05, 4.69) is 16.0 Å². The van der Waals surface area contributed by atoms with E-state index < -0.39 is 29.8 Å². The first-order valence-electron chi connectivity index (χ1n) is 18.0. The zero-order chi connectivity index (χ0) is 36.4. The van der Waals surface area contributed by atoms with Crippen molar-refractivity contribution in [2.24, 2.45) is 11.8 Å². The van der Waals surface area contributed by atoms with Crippen LogP contribution in [0.4, 0.5) is 4.79 Å². The summed E-state index contributed by atoms with van der Waals surface area (Å²) in [5.74, 6) is -0.260. The third-order valence-electron chi connectivity index (χ3n) is 10.7. The molecule has 7 atom stereocenters. The standard InChI is InChI=1S/C37H45N3O11S/c1-46-26-12-19(13-27(47-2)34(26)43)31-20-14-24-25(50-18-49-24)15-21(20)35(22-16-48-36(44)32(22)31)51-30(42)10-4-3-7-11-38-29(41)9-6-5-8-28-33-23(17-52-28)39-37(45)40-33/h12-15,22-23,28,31-33,35,43H,3-11,16-18H2,1-2H3,(H,38,41)(H2,39,40,45)/t22-,23-,28-,31+,32-,33-,35+/m0/s1. The minimum absolute atomic E-state index is 0.0226. The summed E-state index contributed by atoms with van der Waals surface area (Å²) in [7, 11) is 2.88. The molecule has 1 aliphatic carbocycles. The summed E-state index contributed by atoms with van der Waals surface area (Å²) in [6.45, 7) is 0.659. The van der Waals surface area contributed by atoms with Crippen molar-refractivity contribution >= 4 is 35.6 Å². The smallest absolute Gasteiger partial charge is 0.315 e. The van der Waals surface area contributed by atoms with Crippen molar-refractivity contribution in [3.8, 4) is 28.7 Å². The normalized spacial score (nSPS) is 26.4. The number of hydrogen-bond acceptors (Lipinski definition) is 12. The third-order valence-corrected chi connectivity index (χ3v) is 12.2. The molecule has 4 aliphatic heterocycles. The van der Waals surface area contributed by atoms with Crippen molar-refractivity contribution in [1.82, 2.24) is 16.0 Å². The minimum Gasteiger partial charge on any atom is -0.502 e. The Morgan fingerprint density at radius 2 is 1.65 bits per heavy atom. The van der Waals surface area contributed by atoms with Crippen LogP contribution in [-0.2, 0) is 23.9 Å². The summed E-state index contributed by atoms with van der Waals surface area (Å²) in [5, 5.41) is 19.9. The van der Waals surface area contributed by atoms with Crippen LogP contribution in [0.15, 0.2) is 24.3 Å². The number of esters is 2. The Balaban J connectivity index is 0.921. The number of carbonyl (C=O) groups excluding carboxylic acids is 4. The zero-order valence-corrected chi connectivity index (χ0v) is 30.1. The van der Waals surface area contributed by atoms with Gasteiger partial charge in [0.05, 0.1) is 38.8 Å². The number of cyclic esters (lactones) is 1. The molecule has 4 heterocycles. The number of thioether (sulfide) groups is 1. The lowest BCUT2D eigenvalue weighted by Gasteiger charge is -2.38. The first kappa shape index (κ1) is 35.9. The van der Waals surface area contributed by atoms with E-state index >= 15 is 0 Å².